The predicted molar refractivity (Wildman–Crippen MR) is 48.6 cm³/mol. The van der Waals surface area contributed by atoms with Crippen molar-refractivity contribution < 1.29 is 4.74 Å². The van der Waals surface area contributed by atoms with Crippen LogP contribution in [0.1, 0.15) is 18.9 Å². The minimum atomic E-state index is -0.124. The monoisotopic (exact) mass is 160 g/mol. The molecule has 12 heavy (non-hydrogen) atoms. The molecule has 0 fully saturated rings. The van der Waals surface area contributed by atoms with E-state index in [1.54, 1.807) is 6.26 Å². The number of hydrogen-bond acceptors (Lipinski definition) is 1. The highest BCUT2D eigenvalue weighted by Crippen LogP contribution is 2.33. The summed E-state index contributed by atoms with van der Waals surface area (Å²) in [6, 6.07) is 10.3. The summed E-state index contributed by atoms with van der Waals surface area (Å²) in [5.74, 6) is 0. The average molecular weight is 160 g/mol. The Bertz CT molecular complexity index is 279. The molecule has 0 radical (unpaired) electrons. The van der Waals surface area contributed by atoms with Gasteiger partial charge in [0.05, 0.1) is 6.26 Å². The zero-order chi connectivity index (χ0) is 8.44. The minimum Gasteiger partial charge on any atom is -0.490 e. The Labute approximate surface area is 72.7 Å². The van der Waals surface area contributed by atoms with Crippen LogP contribution in [0.25, 0.3) is 0 Å². The van der Waals surface area contributed by atoms with E-state index in [0.717, 1.165) is 6.42 Å². The Balaban J connectivity index is 2.31. The molecular weight excluding hydrogens is 148 g/mol. The third kappa shape index (κ3) is 1.11. The van der Waals surface area contributed by atoms with Crippen molar-refractivity contribution in [3.05, 3.63) is 48.2 Å². The number of hydrogen-bond donors (Lipinski definition) is 0. The molecule has 0 spiro atoms. The van der Waals surface area contributed by atoms with E-state index in [4.69, 9.17) is 4.74 Å². The van der Waals surface area contributed by atoms with Crippen LogP contribution in [0.4, 0.5) is 0 Å². The van der Waals surface area contributed by atoms with Gasteiger partial charge < -0.3 is 4.74 Å². The van der Waals surface area contributed by atoms with Crippen molar-refractivity contribution in [3.63, 3.8) is 0 Å². The van der Waals surface area contributed by atoms with Crippen molar-refractivity contribution in [3.8, 4) is 0 Å². The largest absolute Gasteiger partial charge is 0.490 e. The second-order valence-electron chi connectivity index (χ2n) is 3.29. The van der Waals surface area contributed by atoms with Gasteiger partial charge in [0.2, 0.25) is 0 Å². The molecule has 2 rings (SSSR count). The molecule has 1 atom stereocenters. The summed E-state index contributed by atoms with van der Waals surface area (Å²) in [4.78, 5) is 0. The summed E-state index contributed by atoms with van der Waals surface area (Å²) in [5.41, 5.74) is 1.12. The van der Waals surface area contributed by atoms with Crippen molar-refractivity contribution in [2.75, 3.05) is 0 Å². The van der Waals surface area contributed by atoms with Gasteiger partial charge >= 0.3 is 0 Å². The van der Waals surface area contributed by atoms with Gasteiger partial charge in [-0.05, 0) is 18.6 Å². The quantitative estimate of drug-likeness (QED) is 0.613. The molecule has 0 unspecified atom stereocenters. The summed E-state index contributed by atoms with van der Waals surface area (Å²) in [6.45, 7) is 2.11. The van der Waals surface area contributed by atoms with E-state index >= 15 is 0 Å². The van der Waals surface area contributed by atoms with Gasteiger partial charge in [0, 0.05) is 6.42 Å². The van der Waals surface area contributed by atoms with E-state index in [-0.39, 0.29) is 5.60 Å². The Morgan fingerprint density at radius 3 is 2.58 bits per heavy atom. The van der Waals surface area contributed by atoms with Crippen molar-refractivity contribution in [1.82, 2.24) is 0 Å². The fraction of sp³-hybridized carbons (Fsp3) is 0.273. The molecule has 0 aromatic heterocycles. The second kappa shape index (κ2) is 2.67. The van der Waals surface area contributed by atoms with Crippen LogP contribution in [0, 0.1) is 0 Å². The zero-order valence-corrected chi connectivity index (χ0v) is 7.16. The maximum atomic E-state index is 5.55. The van der Waals surface area contributed by atoms with Crippen molar-refractivity contribution in [2.45, 2.75) is 18.9 Å². The number of benzene rings is 1. The van der Waals surface area contributed by atoms with E-state index in [1.807, 2.05) is 18.2 Å². The van der Waals surface area contributed by atoms with Crippen LogP contribution >= 0.6 is 0 Å². The Kier molecular flexibility index (Phi) is 1.65. The Morgan fingerprint density at radius 1 is 1.25 bits per heavy atom. The smallest absolute Gasteiger partial charge is 0.134 e. The van der Waals surface area contributed by atoms with Crippen LogP contribution < -0.4 is 0 Å². The fourth-order valence-electron chi connectivity index (χ4n) is 1.50. The van der Waals surface area contributed by atoms with Gasteiger partial charge in [-0.3, -0.25) is 0 Å². The highest BCUT2D eigenvalue weighted by atomic mass is 16.5. The van der Waals surface area contributed by atoms with E-state index in [9.17, 15) is 0 Å². The van der Waals surface area contributed by atoms with Crippen molar-refractivity contribution in [1.29, 1.82) is 0 Å². The fourth-order valence-corrected chi connectivity index (χ4v) is 1.50. The zero-order valence-electron chi connectivity index (χ0n) is 7.16. The van der Waals surface area contributed by atoms with Gasteiger partial charge in [0.25, 0.3) is 0 Å². The standard InChI is InChI=1S/C11H12O/c1-11(8-5-9-12-11)10-6-3-2-4-7-10/h2-7,9H,8H2,1H3/t11-/m0/s1. The van der Waals surface area contributed by atoms with Crippen molar-refractivity contribution in [2.24, 2.45) is 0 Å². The third-order valence-electron chi connectivity index (χ3n) is 2.32. The molecule has 1 aromatic carbocycles. The van der Waals surface area contributed by atoms with Gasteiger partial charge in [0.1, 0.15) is 5.60 Å². The molecule has 0 saturated carbocycles. The molecule has 1 aliphatic heterocycles. The van der Waals surface area contributed by atoms with Crippen LogP contribution in [0.3, 0.4) is 0 Å². The average Bonchev–Trinajstić information content (AvgIpc) is 2.55. The van der Waals surface area contributed by atoms with Gasteiger partial charge in [0.15, 0.2) is 0 Å². The van der Waals surface area contributed by atoms with Crippen LogP contribution in [0.2, 0.25) is 0 Å². The third-order valence-corrected chi connectivity index (χ3v) is 2.32. The number of ether oxygens (including phenoxy) is 1. The normalized spacial score (nSPS) is 27.1. The lowest BCUT2D eigenvalue weighted by molar-refractivity contribution is 0.0609. The van der Waals surface area contributed by atoms with E-state index in [2.05, 4.69) is 25.1 Å². The topological polar surface area (TPSA) is 9.23 Å². The first kappa shape index (κ1) is 7.41. The molecule has 1 aliphatic rings. The molecule has 0 aliphatic carbocycles. The molecule has 0 amide bonds. The molecule has 0 saturated heterocycles. The first-order valence-electron chi connectivity index (χ1n) is 4.20. The highest BCUT2D eigenvalue weighted by Gasteiger charge is 2.28. The second-order valence-corrected chi connectivity index (χ2v) is 3.29. The lowest BCUT2D eigenvalue weighted by Gasteiger charge is -2.23. The molecule has 0 N–H and O–H groups in total. The predicted octanol–water partition coefficient (Wildman–Crippen LogP) is 2.84. The maximum absolute atomic E-state index is 5.55. The molecule has 1 aromatic rings. The molecule has 0 bridgehead atoms. The summed E-state index contributed by atoms with van der Waals surface area (Å²) >= 11 is 0. The minimum absolute atomic E-state index is 0.124. The van der Waals surface area contributed by atoms with Crippen LogP contribution in [0.15, 0.2) is 42.7 Å². The van der Waals surface area contributed by atoms with E-state index in [0.29, 0.717) is 0 Å². The van der Waals surface area contributed by atoms with E-state index < -0.39 is 0 Å². The summed E-state index contributed by atoms with van der Waals surface area (Å²) in [6.07, 6.45) is 4.82. The summed E-state index contributed by atoms with van der Waals surface area (Å²) in [7, 11) is 0. The summed E-state index contributed by atoms with van der Waals surface area (Å²) in [5, 5.41) is 0. The SMILES string of the molecule is C[C@@]1(c2ccccc2)CC=CO1. The molecule has 1 heterocycles. The van der Waals surface area contributed by atoms with Crippen LogP contribution in [-0.2, 0) is 10.3 Å². The van der Waals surface area contributed by atoms with Crippen LogP contribution in [-0.4, -0.2) is 0 Å². The number of rotatable bonds is 1. The Hall–Kier alpha value is -1.24. The van der Waals surface area contributed by atoms with Crippen molar-refractivity contribution >= 4 is 0 Å². The Morgan fingerprint density at radius 2 is 2.00 bits per heavy atom. The van der Waals surface area contributed by atoms with Gasteiger partial charge in [-0.15, -0.1) is 0 Å². The van der Waals surface area contributed by atoms with E-state index in [1.165, 1.54) is 5.56 Å². The maximum Gasteiger partial charge on any atom is 0.134 e. The first-order chi connectivity index (χ1) is 5.81. The summed E-state index contributed by atoms with van der Waals surface area (Å²) < 4.78 is 5.55. The molecule has 1 nitrogen and oxygen atoms in total. The molecular formula is C11H12O. The van der Waals surface area contributed by atoms with Gasteiger partial charge in [-0.25, -0.2) is 0 Å². The lowest BCUT2D eigenvalue weighted by atomic mass is 9.94. The molecule has 1 heteroatoms. The molecule has 62 valence electrons. The lowest BCUT2D eigenvalue weighted by Crippen LogP contribution is -2.19. The first-order valence-corrected chi connectivity index (χ1v) is 4.20. The van der Waals surface area contributed by atoms with Gasteiger partial charge in [-0.1, -0.05) is 30.3 Å². The van der Waals surface area contributed by atoms with Crippen LogP contribution in [0.5, 0.6) is 0 Å². The van der Waals surface area contributed by atoms with Gasteiger partial charge in [-0.2, -0.15) is 0 Å². The highest BCUT2D eigenvalue weighted by molar-refractivity contribution is 5.24.